The van der Waals surface area contributed by atoms with Crippen molar-refractivity contribution in [1.82, 2.24) is 25.1 Å². The fraction of sp³-hybridized carbons (Fsp3) is 0.529. The maximum absolute atomic E-state index is 12.2. The van der Waals surface area contributed by atoms with Crippen LogP contribution in [-0.2, 0) is 7.05 Å². The van der Waals surface area contributed by atoms with E-state index in [9.17, 15) is 9.59 Å². The summed E-state index contributed by atoms with van der Waals surface area (Å²) in [4.78, 5) is 33.7. The molecule has 0 aromatic carbocycles. The molecular weight excluding hydrogens is 320 g/mol. The van der Waals surface area contributed by atoms with Crippen molar-refractivity contribution in [1.29, 1.82) is 0 Å². The molecule has 3 rings (SSSR count). The zero-order valence-corrected chi connectivity index (χ0v) is 14.8. The van der Waals surface area contributed by atoms with Gasteiger partial charge in [0.25, 0.3) is 11.5 Å². The molecule has 8 nitrogen and oxygen atoms in total. The number of amides is 1. The molecule has 0 saturated carbocycles. The molecule has 8 heteroatoms. The van der Waals surface area contributed by atoms with Crippen molar-refractivity contribution in [3.63, 3.8) is 0 Å². The predicted molar refractivity (Wildman–Crippen MR) is 94.6 cm³/mol. The zero-order valence-electron chi connectivity index (χ0n) is 14.8. The number of anilines is 1. The van der Waals surface area contributed by atoms with E-state index >= 15 is 0 Å². The van der Waals surface area contributed by atoms with Crippen LogP contribution in [0, 0.1) is 5.92 Å². The highest BCUT2D eigenvalue weighted by molar-refractivity contribution is 5.92. The highest BCUT2D eigenvalue weighted by Crippen LogP contribution is 2.20. The minimum atomic E-state index is -0.390. The van der Waals surface area contributed by atoms with Crippen LogP contribution in [0.4, 0.5) is 5.95 Å². The molecule has 1 atom stereocenters. The van der Waals surface area contributed by atoms with Gasteiger partial charge in [0.2, 0.25) is 5.95 Å². The zero-order chi connectivity index (χ0) is 18.0. The number of piperidine rings is 1. The number of H-pyrrole nitrogens is 1. The van der Waals surface area contributed by atoms with Gasteiger partial charge in [0.1, 0.15) is 5.69 Å². The average molecular weight is 344 g/mol. The molecule has 2 N–H and O–H groups in total. The standard InChI is InChI=1S/C17H24N6O2/c1-11-4-8-23(9-5-11)17-19-14(10-15(24)20-17)12(2)18-16(25)13-6-7-22(3)21-13/h6-7,10-12H,4-5,8-9H2,1-3H3,(H,18,25)(H,19,20,24). The Bertz CT molecular complexity index is 803. The molecule has 0 aliphatic carbocycles. The second-order valence-corrected chi connectivity index (χ2v) is 6.73. The first-order chi connectivity index (χ1) is 11.9. The first kappa shape index (κ1) is 17.2. The number of aryl methyl sites for hydroxylation is 1. The Morgan fingerprint density at radius 2 is 2.12 bits per heavy atom. The molecule has 2 aromatic heterocycles. The van der Waals surface area contributed by atoms with Crippen LogP contribution in [0.3, 0.4) is 0 Å². The molecule has 0 bridgehead atoms. The quantitative estimate of drug-likeness (QED) is 0.870. The maximum Gasteiger partial charge on any atom is 0.272 e. The highest BCUT2D eigenvalue weighted by atomic mass is 16.2. The smallest absolute Gasteiger partial charge is 0.272 e. The molecule has 3 heterocycles. The molecular formula is C17H24N6O2. The fourth-order valence-corrected chi connectivity index (χ4v) is 2.94. The summed E-state index contributed by atoms with van der Waals surface area (Å²) in [5, 5.41) is 6.92. The Hall–Kier alpha value is -2.64. The highest BCUT2D eigenvalue weighted by Gasteiger charge is 2.20. The van der Waals surface area contributed by atoms with Gasteiger partial charge in [-0.15, -0.1) is 0 Å². The van der Waals surface area contributed by atoms with Gasteiger partial charge in [-0.3, -0.25) is 19.3 Å². The van der Waals surface area contributed by atoms with Crippen molar-refractivity contribution < 1.29 is 4.79 Å². The molecule has 2 aromatic rings. The van der Waals surface area contributed by atoms with E-state index in [0.29, 0.717) is 23.3 Å². The van der Waals surface area contributed by atoms with Crippen LogP contribution in [-0.4, -0.2) is 38.7 Å². The summed E-state index contributed by atoms with van der Waals surface area (Å²) in [7, 11) is 1.75. The summed E-state index contributed by atoms with van der Waals surface area (Å²) in [5.74, 6) is 0.986. The molecule has 134 valence electrons. The number of aromatic nitrogens is 4. The van der Waals surface area contributed by atoms with Crippen molar-refractivity contribution in [2.45, 2.75) is 32.7 Å². The van der Waals surface area contributed by atoms with Gasteiger partial charge in [0.05, 0.1) is 11.7 Å². The predicted octanol–water partition coefficient (Wildman–Crippen LogP) is 1.23. The Morgan fingerprint density at radius 1 is 1.40 bits per heavy atom. The van der Waals surface area contributed by atoms with E-state index in [0.717, 1.165) is 25.9 Å². The van der Waals surface area contributed by atoms with Crippen molar-refractivity contribution in [2.24, 2.45) is 13.0 Å². The molecule has 0 spiro atoms. The number of aromatic amines is 1. The van der Waals surface area contributed by atoms with Crippen LogP contribution in [0.25, 0.3) is 0 Å². The molecule has 1 aliphatic rings. The van der Waals surface area contributed by atoms with E-state index in [1.165, 1.54) is 6.07 Å². The van der Waals surface area contributed by atoms with Gasteiger partial charge < -0.3 is 10.2 Å². The van der Waals surface area contributed by atoms with E-state index in [1.54, 1.807) is 24.0 Å². The number of nitrogens with one attached hydrogen (secondary N) is 2. The maximum atomic E-state index is 12.2. The van der Waals surface area contributed by atoms with Gasteiger partial charge in [0.15, 0.2) is 0 Å². The van der Waals surface area contributed by atoms with Crippen LogP contribution in [0.15, 0.2) is 23.1 Å². The number of nitrogens with zero attached hydrogens (tertiary/aromatic N) is 4. The molecule has 1 amide bonds. The Morgan fingerprint density at radius 3 is 2.76 bits per heavy atom. The number of rotatable bonds is 4. The van der Waals surface area contributed by atoms with Crippen molar-refractivity contribution in [3.8, 4) is 0 Å². The van der Waals surface area contributed by atoms with Crippen LogP contribution >= 0.6 is 0 Å². The molecule has 1 saturated heterocycles. The van der Waals surface area contributed by atoms with Crippen molar-refractivity contribution >= 4 is 11.9 Å². The third-order valence-corrected chi connectivity index (χ3v) is 4.57. The number of hydrogen-bond acceptors (Lipinski definition) is 5. The summed E-state index contributed by atoms with van der Waals surface area (Å²) in [5.41, 5.74) is 0.670. The molecule has 25 heavy (non-hydrogen) atoms. The van der Waals surface area contributed by atoms with Crippen LogP contribution in [0.2, 0.25) is 0 Å². The summed E-state index contributed by atoms with van der Waals surface area (Å²) < 4.78 is 1.57. The summed E-state index contributed by atoms with van der Waals surface area (Å²) in [6, 6.07) is 2.69. The second-order valence-electron chi connectivity index (χ2n) is 6.73. The molecule has 1 fully saturated rings. The minimum Gasteiger partial charge on any atom is -0.343 e. The first-order valence-corrected chi connectivity index (χ1v) is 8.59. The SMILES string of the molecule is CC1CCN(c2nc(C(C)NC(=O)c3ccn(C)n3)cc(=O)[nH]2)CC1. The lowest BCUT2D eigenvalue weighted by Crippen LogP contribution is -2.36. The molecule has 1 aliphatic heterocycles. The number of carbonyl (C=O) groups excluding carboxylic acids is 1. The summed E-state index contributed by atoms with van der Waals surface area (Å²) in [6.45, 7) is 5.80. The third-order valence-electron chi connectivity index (χ3n) is 4.57. The van der Waals surface area contributed by atoms with E-state index in [4.69, 9.17) is 0 Å². The first-order valence-electron chi connectivity index (χ1n) is 8.59. The second kappa shape index (κ2) is 7.08. The van der Waals surface area contributed by atoms with Gasteiger partial charge in [-0.05, 0) is 31.7 Å². The summed E-state index contributed by atoms with van der Waals surface area (Å²) in [6.07, 6.45) is 3.88. The van der Waals surface area contributed by atoms with Crippen LogP contribution in [0.5, 0.6) is 0 Å². The van der Waals surface area contributed by atoms with E-state index in [-0.39, 0.29) is 17.5 Å². The van der Waals surface area contributed by atoms with Crippen LogP contribution < -0.4 is 15.8 Å². The molecule has 1 unspecified atom stereocenters. The van der Waals surface area contributed by atoms with Gasteiger partial charge in [-0.1, -0.05) is 6.92 Å². The topological polar surface area (TPSA) is 95.9 Å². The van der Waals surface area contributed by atoms with Crippen LogP contribution in [0.1, 0.15) is 48.9 Å². The van der Waals surface area contributed by atoms with Gasteiger partial charge in [-0.2, -0.15) is 5.10 Å². The fourth-order valence-electron chi connectivity index (χ4n) is 2.94. The normalized spacial score (nSPS) is 16.7. The third kappa shape index (κ3) is 4.07. The van der Waals surface area contributed by atoms with Crippen molar-refractivity contribution in [3.05, 3.63) is 40.1 Å². The lowest BCUT2D eigenvalue weighted by molar-refractivity contribution is 0.0933. The monoisotopic (exact) mass is 344 g/mol. The molecule has 0 radical (unpaired) electrons. The lowest BCUT2D eigenvalue weighted by atomic mass is 10.00. The van der Waals surface area contributed by atoms with E-state index in [2.05, 4.69) is 32.2 Å². The Labute approximate surface area is 146 Å². The van der Waals surface area contributed by atoms with Gasteiger partial charge in [-0.25, -0.2) is 4.98 Å². The lowest BCUT2D eigenvalue weighted by Gasteiger charge is -2.31. The van der Waals surface area contributed by atoms with Crippen molar-refractivity contribution in [2.75, 3.05) is 18.0 Å². The van der Waals surface area contributed by atoms with E-state index < -0.39 is 0 Å². The Kier molecular flexibility index (Phi) is 4.87. The number of carbonyl (C=O) groups is 1. The van der Waals surface area contributed by atoms with Gasteiger partial charge in [0, 0.05) is 32.4 Å². The van der Waals surface area contributed by atoms with Gasteiger partial charge >= 0.3 is 0 Å². The largest absolute Gasteiger partial charge is 0.343 e. The minimum absolute atomic E-state index is 0.211. The van der Waals surface area contributed by atoms with E-state index in [1.807, 2.05) is 6.92 Å². The average Bonchev–Trinajstić information content (AvgIpc) is 3.01. The number of hydrogen-bond donors (Lipinski definition) is 2. The summed E-state index contributed by atoms with van der Waals surface area (Å²) >= 11 is 0. The Balaban J connectivity index is 1.75.